The molecule has 0 aromatic carbocycles. The highest BCUT2D eigenvalue weighted by Crippen LogP contribution is 2.17. The third-order valence-electron chi connectivity index (χ3n) is 2.56. The molecule has 2 heterocycles. The maximum absolute atomic E-state index is 11.6. The summed E-state index contributed by atoms with van der Waals surface area (Å²) < 4.78 is 1.33. The molecule has 0 fully saturated rings. The fraction of sp³-hybridized carbons (Fsp3) is 0.308. The minimum absolute atomic E-state index is 0.174. The molecule has 0 atom stereocenters. The van der Waals surface area contributed by atoms with Crippen molar-refractivity contribution in [3.05, 3.63) is 51.5 Å². The van der Waals surface area contributed by atoms with E-state index in [1.807, 2.05) is 6.07 Å². The molecule has 0 saturated heterocycles. The van der Waals surface area contributed by atoms with Gasteiger partial charge < -0.3 is 5.32 Å². The predicted octanol–water partition coefficient (Wildman–Crippen LogP) is 2.16. The van der Waals surface area contributed by atoms with Crippen molar-refractivity contribution in [3.63, 3.8) is 0 Å². The van der Waals surface area contributed by atoms with Gasteiger partial charge in [-0.3, -0.25) is 4.79 Å². The largest absolute Gasteiger partial charge is 0.370 e. The van der Waals surface area contributed by atoms with Crippen LogP contribution in [0.5, 0.6) is 0 Å². The lowest BCUT2D eigenvalue weighted by molar-refractivity contribution is 0.628. The number of aromatic nitrogens is 3. The smallest absolute Gasteiger partial charge is 0.267 e. The van der Waals surface area contributed by atoms with E-state index in [9.17, 15) is 4.79 Å². The van der Waals surface area contributed by atoms with Crippen molar-refractivity contribution < 1.29 is 0 Å². The zero-order chi connectivity index (χ0) is 13.7. The van der Waals surface area contributed by atoms with Crippen molar-refractivity contribution in [1.82, 2.24) is 14.8 Å². The molecule has 2 aromatic rings. The zero-order valence-electron chi connectivity index (χ0n) is 10.6. The number of pyridine rings is 1. The van der Waals surface area contributed by atoms with Crippen LogP contribution in [0.2, 0.25) is 5.02 Å². The molecule has 19 heavy (non-hydrogen) atoms. The quantitative estimate of drug-likeness (QED) is 0.910. The summed E-state index contributed by atoms with van der Waals surface area (Å²) >= 11 is 6.10. The Hall–Kier alpha value is -1.88. The van der Waals surface area contributed by atoms with Crippen LogP contribution in [0, 0.1) is 0 Å². The monoisotopic (exact) mass is 278 g/mol. The molecule has 0 bridgehead atoms. The Bertz CT molecular complexity index is 612. The summed E-state index contributed by atoms with van der Waals surface area (Å²) in [6, 6.07) is 6.66. The standard InChI is InChI=1S/C13H15ClN4O/c1-2-7-15-12-6-5-10(14)11(17-12)9-18-13(19)4-3-8-16-18/h3-6,8H,2,7,9H2,1H3,(H,15,17). The van der Waals surface area contributed by atoms with Crippen molar-refractivity contribution in [3.8, 4) is 0 Å². The van der Waals surface area contributed by atoms with Crippen LogP contribution in [-0.4, -0.2) is 21.3 Å². The molecule has 2 aromatic heterocycles. The van der Waals surface area contributed by atoms with Crippen LogP contribution in [0.25, 0.3) is 0 Å². The maximum atomic E-state index is 11.6. The van der Waals surface area contributed by atoms with E-state index in [1.165, 1.54) is 10.7 Å². The number of anilines is 1. The summed E-state index contributed by atoms with van der Waals surface area (Å²) in [5, 5.41) is 7.70. The van der Waals surface area contributed by atoms with E-state index in [-0.39, 0.29) is 12.1 Å². The van der Waals surface area contributed by atoms with Gasteiger partial charge in [-0.2, -0.15) is 5.10 Å². The van der Waals surface area contributed by atoms with Crippen LogP contribution in [0.1, 0.15) is 19.0 Å². The van der Waals surface area contributed by atoms with Gasteiger partial charge in [-0.05, 0) is 24.6 Å². The average Bonchev–Trinajstić information content (AvgIpc) is 2.42. The molecular formula is C13H15ClN4O. The fourth-order valence-electron chi connectivity index (χ4n) is 1.59. The highest BCUT2D eigenvalue weighted by Gasteiger charge is 2.06. The summed E-state index contributed by atoms with van der Waals surface area (Å²) in [5.41, 5.74) is 0.454. The molecule has 0 unspecified atom stereocenters. The third-order valence-corrected chi connectivity index (χ3v) is 2.90. The van der Waals surface area contributed by atoms with Gasteiger partial charge in [0.2, 0.25) is 0 Å². The van der Waals surface area contributed by atoms with E-state index >= 15 is 0 Å². The van der Waals surface area contributed by atoms with Crippen molar-refractivity contribution in [2.45, 2.75) is 19.9 Å². The van der Waals surface area contributed by atoms with Gasteiger partial charge in [0, 0.05) is 18.8 Å². The normalized spacial score (nSPS) is 10.4. The van der Waals surface area contributed by atoms with Crippen molar-refractivity contribution in [2.75, 3.05) is 11.9 Å². The van der Waals surface area contributed by atoms with Gasteiger partial charge in [0.1, 0.15) is 5.82 Å². The number of nitrogens with one attached hydrogen (secondary N) is 1. The Morgan fingerprint density at radius 3 is 2.95 bits per heavy atom. The highest BCUT2D eigenvalue weighted by molar-refractivity contribution is 6.31. The number of hydrogen-bond acceptors (Lipinski definition) is 4. The first-order valence-electron chi connectivity index (χ1n) is 6.12. The molecule has 100 valence electrons. The number of nitrogens with zero attached hydrogens (tertiary/aromatic N) is 3. The molecule has 0 aliphatic carbocycles. The number of halogens is 1. The summed E-state index contributed by atoms with van der Waals surface area (Å²) in [6.45, 7) is 3.19. The lowest BCUT2D eigenvalue weighted by Gasteiger charge is -2.09. The second kappa shape index (κ2) is 6.33. The Morgan fingerprint density at radius 2 is 2.21 bits per heavy atom. The van der Waals surface area contributed by atoms with E-state index < -0.39 is 0 Å². The van der Waals surface area contributed by atoms with Gasteiger partial charge in [0.25, 0.3) is 5.56 Å². The van der Waals surface area contributed by atoms with E-state index in [1.54, 1.807) is 18.3 Å². The van der Waals surface area contributed by atoms with Crippen LogP contribution in [0.3, 0.4) is 0 Å². The molecule has 0 aliphatic rings. The molecule has 6 heteroatoms. The Kier molecular flexibility index (Phi) is 4.52. The molecular weight excluding hydrogens is 264 g/mol. The lowest BCUT2D eigenvalue weighted by Crippen LogP contribution is -2.22. The third kappa shape index (κ3) is 3.54. The fourth-order valence-corrected chi connectivity index (χ4v) is 1.76. The Labute approximate surface area is 116 Å². The van der Waals surface area contributed by atoms with Gasteiger partial charge in [0.05, 0.1) is 17.3 Å². The SMILES string of the molecule is CCCNc1ccc(Cl)c(Cn2ncccc2=O)n1. The van der Waals surface area contributed by atoms with Crippen LogP contribution >= 0.6 is 11.6 Å². The summed E-state index contributed by atoms with van der Waals surface area (Å²) in [4.78, 5) is 16.0. The highest BCUT2D eigenvalue weighted by atomic mass is 35.5. The van der Waals surface area contributed by atoms with E-state index in [2.05, 4.69) is 22.3 Å². The maximum Gasteiger partial charge on any atom is 0.267 e. The van der Waals surface area contributed by atoms with E-state index in [4.69, 9.17) is 11.6 Å². The molecule has 0 amide bonds. The second-order valence-corrected chi connectivity index (χ2v) is 4.48. The summed E-state index contributed by atoms with van der Waals surface area (Å²) in [7, 11) is 0. The van der Waals surface area contributed by atoms with Gasteiger partial charge in [0.15, 0.2) is 0 Å². The Balaban J connectivity index is 2.24. The molecule has 5 nitrogen and oxygen atoms in total. The zero-order valence-corrected chi connectivity index (χ0v) is 11.4. The first kappa shape index (κ1) is 13.5. The average molecular weight is 279 g/mol. The first-order valence-corrected chi connectivity index (χ1v) is 6.50. The second-order valence-electron chi connectivity index (χ2n) is 4.07. The predicted molar refractivity (Wildman–Crippen MR) is 75.6 cm³/mol. The van der Waals surface area contributed by atoms with Gasteiger partial charge >= 0.3 is 0 Å². The Morgan fingerprint density at radius 1 is 1.37 bits per heavy atom. The number of hydrogen-bond donors (Lipinski definition) is 1. The van der Waals surface area contributed by atoms with Crippen LogP contribution in [0.15, 0.2) is 35.3 Å². The van der Waals surface area contributed by atoms with Gasteiger partial charge in [-0.1, -0.05) is 18.5 Å². The first-order chi connectivity index (χ1) is 9.20. The van der Waals surface area contributed by atoms with Crippen LogP contribution in [-0.2, 0) is 6.54 Å². The van der Waals surface area contributed by atoms with Crippen molar-refractivity contribution >= 4 is 17.4 Å². The molecule has 0 aliphatic heterocycles. The minimum atomic E-state index is -0.174. The molecule has 1 N–H and O–H groups in total. The summed E-state index contributed by atoms with van der Waals surface area (Å²) in [6.07, 6.45) is 2.58. The van der Waals surface area contributed by atoms with Gasteiger partial charge in [-0.25, -0.2) is 9.67 Å². The lowest BCUT2D eigenvalue weighted by atomic mass is 10.3. The van der Waals surface area contributed by atoms with Crippen molar-refractivity contribution in [2.24, 2.45) is 0 Å². The van der Waals surface area contributed by atoms with Crippen molar-refractivity contribution in [1.29, 1.82) is 0 Å². The van der Waals surface area contributed by atoms with Gasteiger partial charge in [-0.15, -0.1) is 0 Å². The topological polar surface area (TPSA) is 59.8 Å². The minimum Gasteiger partial charge on any atom is -0.370 e. The molecule has 0 radical (unpaired) electrons. The molecule has 0 spiro atoms. The van der Waals surface area contributed by atoms with Crippen LogP contribution in [0.4, 0.5) is 5.82 Å². The van der Waals surface area contributed by atoms with E-state index in [0.717, 1.165) is 18.8 Å². The molecule has 0 saturated carbocycles. The van der Waals surface area contributed by atoms with E-state index in [0.29, 0.717) is 10.7 Å². The van der Waals surface area contributed by atoms with Crippen LogP contribution < -0.4 is 10.9 Å². The molecule has 2 rings (SSSR count). The number of rotatable bonds is 5. The summed E-state index contributed by atoms with van der Waals surface area (Å²) in [5.74, 6) is 0.755.